The summed E-state index contributed by atoms with van der Waals surface area (Å²) in [7, 11) is -2.01. The molecule has 0 amide bonds. The fourth-order valence-corrected chi connectivity index (χ4v) is 1.51. The Balaban J connectivity index is 3.34. The summed E-state index contributed by atoms with van der Waals surface area (Å²) in [6, 6.07) is 3.52. The third kappa shape index (κ3) is 2.44. The smallest absolute Gasteiger partial charge is 0.233 e. The van der Waals surface area contributed by atoms with Crippen molar-refractivity contribution >= 4 is 15.8 Å². The first-order valence-electron chi connectivity index (χ1n) is 4.17. The van der Waals surface area contributed by atoms with Gasteiger partial charge in [0.25, 0.3) is 0 Å². The second-order valence-electron chi connectivity index (χ2n) is 3.23. The zero-order valence-electron chi connectivity index (χ0n) is 8.72. The van der Waals surface area contributed by atoms with Gasteiger partial charge in [-0.3, -0.25) is 4.31 Å². The van der Waals surface area contributed by atoms with Gasteiger partial charge < -0.3 is 0 Å². The predicted molar refractivity (Wildman–Crippen MR) is 56.9 cm³/mol. The highest BCUT2D eigenvalue weighted by molar-refractivity contribution is 7.92. The van der Waals surface area contributed by atoms with Crippen LogP contribution in [0.3, 0.4) is 0 Å². The van der Waals surface area contributed by atoms with Crippen LogP contribution in [0.25, 0.3) is 0 Å². The van der Waals surface area contributed by atoms with E-state index in [2.05, 4.69) is 4.98 Å². The molecule has 0 aliphatic carbocycles. The van der Waals surface area contributed by atoms with Crippen LogP contribution in [0.15, 0.2) is 12.3 Å². The van der Waals surface area contributed by atoms with E-state index in [1.54, 1.807) is 13.0 Å². The van der Waals surface area contributed by atoms with Crippen LogP contribution in [0.2, 0.25) is 0 Å². The summed E-state index contributed by atoms with van der Waals surface area (Å²) >= 11 is 0. The van der Waals surface area contributed by atoms with E-state index in [1.165, 1.54) is 13.2 Å². The molecule has 0 fully saturated rings. The molecule has 5 nitrogen and oxygen atoms in total. The Bertz CT molecular complexity index is 517. The average molecular weight is 225 g/mol. The summed E-state index contributed by atoms with van der Waals surface area (Å²) in [6.45, 7) is 1.79. The molecule has 0 saturated carbocycles. The zero-order valence-corrected chi connectivity index (χ0v) is 9.54. The number of sulfonamides is 1. The lowest BCUT2D eigenvalue weighted by Crippen LogP contribution is -2.26. The fraction of sp³-hybridized carbons (Fsp3) is 0.333. The minimum absolute atomic E-state index is 0.158. The van der Waals surface area contributed by atoms with E-state index >= 15 is 0 Å². The Hall–Kier alpha value is -1.61. The van der Waals surface area contributed by atoms with Crippen LogP contribution < -0.4 is 4.31 Å². The normalized spacial score (nSPS) is 10.8. The molecule has 0 N–H and O–H groups in total. The van der Waals surface area contributed by atoms with Crippen molar-refractivity contribution in [2.75, 3.05) is 17.6 Å². The van der Waals surface area contributed by atoms with Gasteiger partial charge in [0.15, 0.2) is 5.82 Å². The maximum atomic E-state index is 11.3. The predicted octanol–water partition coefficient (Wildman–Crippen LogP) is 0.657. The topological polar surface area (TPSA) is 74.1 Å². The maximum absolute atomic E-state index is 11.3. The van der Waals surface area contributed by atoms with Crippen molar-refractivity contribution in [2.24, 2.45) is 0 Å². The molecule has 0 atom stereocenters. The van der Waals surface area contributed by atoms with Crippen molar-refractivity contribution in [1.82, 2.24) is 4.98 Å². The first-order valence-corrected chi connectivity index (χ1v) is 6.01. The van der Waals surface area contributed by atoms with Crippen molar-refractivity contribution in [1.29, 1.82) is 5.26 Å². The van der Waals surface area contributed by atoms with E-state index in [-0.39, 0.29) is 11.4 Å². The summed E-state index contributed by atoms with van der Waals surface area (Å²) < 4.78 is 23.5. The van der Waals surface area contributed by atoms with Crippen molar-refractivity contribution in [3.8, 4) is 6.07 Å². The third-order valence-electron chi connectivity index (χ3n) is 1.92. The van der Waals surface area contributed by atoms with Crippen LogP contribution in [0.5, 0.6) is 0 Å². The van der Waals surface area contributed by atoms with E-state index in [0.717, 1.165) is 16.1 Å². The van der Waals surface area contributed by atoms with Crippen molar-refractivity contribution in [3.63, 3.8) is 0 Å². The van der Waals surface area contributed by atoms with Crippen molar-refractivity contribution in [3.05, 3.63) is 23.4 Å². The Morgan fingerprint density at radius 3 is 2.60 bits per heavy atom. The van der Waals surface area contributed by atoms with Crippen LogP contribution >= 0.6 is 0 Å². The molecule has 0 radical (unpaired) electrons. The minimum atomic E-state index is -3.38. The number of nitrogens with zero attached hydrogens (tertiary/aromatic N) is 3. The standard InChI is InChI=1S/C9H11N3O2S/c1-7-4-8(5-10)9(11-6-7)12(2)15(3,13)14/h4,6H,1-3H3. The number of rotatable bonds is 2. The average Bonchev–Trinajstić information content (AvgIpc) is 2.15. The van der Waals surface area contributed by atoms with Gasteiger partial charge in [-0.05, 0) is 18.6 Å². The van der Waals surface area contributed by atoms with Gasteiger partial charge >= 0.3 is 0 Å². The SMILES string of the molecule is Cc1cnc(N(C)S(C)(=O)=O)c(C#N)c1. The Morgan fingerprint density at radius 2 is 2.13 bits per heavy atom. The molecule has 1 rings (SSSR count). The van der Waals surface area contributed by atoms with Crippen LogP contribution in [0.1, 0.15) is 11.1 Å². The highest BCUT2D eigenvalue weighted by Gasteiger charge is 2.17. The largest absolute Gasteiger partial charge is 0.256 e. The number of anilines is 1. The molecule has 0 aromatic carbocycles. The third-order valence-corrected chi connectivity index (χ3v) is 3.09. The number of hydrogen-bond acceptors (Lipinski definition) is 4. The van der Waals surface area contributed by atoms with Gasteiger partial charge in [0.2, 0.25) is 10.0 Å². The molecule has 1 aromatic heterocycles. The number of pyridine rings is 1. The monoisotopic (exact) mass is 225 g/mol. The second kappa shape index (κ2) is 3.87. The highest BCUT2D eigenvalue weighted by atomic mass is 32.2. The number of nitriles is 1. The molecule has 1 heterocycles. The fourth-order valence-electron chi connectivity index (χ4n) is 1.05. The summed E-state index contributed by atoms with van der Waals surface area (Å²) in [6.07, 6.45) is 2.59. The van der Waals surface area contributed by atoms with E-state index in [0.29, 0.717) is 0 Å². The van der Waals surface area contributed by atoms with Crippen LogP contribution in [0, 0.1) is 18.3 Å². The van der Waals surface area contributed by atoms with Gasteiger partial charge in [-0.2, -0.15) is 5.26 Å². The minimum Gasteiger partial charge on any atom is -0.256 e. The molecule has 0 aliphatic rings. The molecule has 6 heteroatoms. The first kappa shape index (κ1) is 11.5. The van der Waals surface area contributed by atoms with Gasteiger partial charge in [0.1, 0.15) is 6.07 Å². The van der Waals surface area contributed by atoms with Gasteiger partial charge in [-0.1, -0.05) is 0 Å². The van der Waals surface area contributed by atoms with Crippen LogP contribution in [-0.2, 0) is 10.0 Å². The van der Waals surface area contributed by atoms with Gasteiger partial charge in [0, 0.05) is 13.2 Å². The molecular weight excluding hydrogens is 214 g/mol. The number of hydrogen-bond donors (Lipinski definition) is 0. The highest BCUT2D eigenvalue weighted by Crippen LogP contribution is 2.18. The lowest BCUT2D eigenvalue weighted by atomic mass is 10.2. The quantitative estimate of drug-likeness (QED) is 0.741. The summed E-state index contributed by atoms with van der Waals surface area (Å²) in [5.74, 6) is 0.158. The lowest BCUT2D eigenvalue weighted by molar-refractivity contribution is 0.599. The summed E-state index contributed by atoms with van der Waals surface area (Å²) in [4.78, 5) is 3.94. The molecule has 0 spiro atoms. The van der Waals surface area contributed by atoms with Gasteiger partial charge in [0.05, 0.1) is 11.8 Å². The second-order valence-corrected chi connectivity index (χ2v) is 5.24. The van der Waals surface area contributed by atoms with Crippen LogP contribution in [-0.4, -0.2) is 26.7 Å². The molecule has 0 bridgehead atoms. The van der Waals surface area contributed by atoms with E-state index in [9.17, 15) is 8.42 Å². The number of aromatic nitrogens is 1. The van der Waals surface area contributed by atoms with E-state index in [1.807, 2.05) is 6.07 Å². The summed E-state index contributed by atoms with van der Waals surface area (Å²) in [5, 5.41) is 8.85. The maximum Gasteiger partial charge on any atom is 0.233 e. The Kier molecular flexibility index (Phi) is 2.95. The van der Waals surface area contributed by atoms with E-state index in [4.69, 9.17) is 5.26 Å². The lowest BCUT2D eigenvalue weighted by Gasteiger charge is -2.16. The van der Waals surface area contributed by atoms with Crippen molar-refractivity contribution < 1.29 is 8.42 Å². The molecule has 0 aliphatic heterocycles. The number of aryl methyl sites for hydroxylation is 1. The van der Waals surface area contributed by atoms with Crippen molar-refractivity contribution in [2.45, 2.75) is 6.92 Å². The Labute approximate surface area is 89.0 Å². The van der Waals surface area contributed by atoms with E-state index < -0.39 is 10.0 Å². The molecule has 0 unspecified atom stereocenters. The molecule has 1 aromatic rings. The van der Waals surface area contributed by atoms with Gasteiger partial charge in [-0.15, -0.1) is 0 Å². The molecule has 80 valence electrons. The first-order chi connectivity index (χ1) is 6.86. The molecule has 0 saturated heterocycles. The van der Waals surface area contributed by atoms with Crippen LogP contribution in [0.4, 0.5) is 5.82 Å². The Morgan fingerprint density at radius 1 is 1.53 bits per heavy atom. The zero-order chi connectivity index (χ0) is 11.6. The summed E-state index contributed by atoms with van der Waals surface area (Å²) in [5.41, 5.74) is 1.07. The molecular formula is C9H11N3O2S. The van der Waals surface area contributed by atoms with Gasteiger partial charge in [-0.25, -0.2) is 13.4 Å². The molecule has 15 heavy (non-hydrogen) atoms.